The van der Waals surface area contributed by atoms with Crippen LogP contribution in [0.15, 0.2) is 18.2 Å². The first kappa shape index (κ1) is 14.1. The summed E-state index contributed by atoms with van der Waals surface area (Å²) in [4.78, 5) is 14.2. The Kier molecular flexibility index (Phi) is 4.59. The van der Waals surface area contributed by atoms with Gasteiger partial charge in [0.05, 0.1) is 6.42 Å². The van der Waals surface area contributed by atoms with Crippen molar-refractivity contribution in [1.82, 2.24) is 10.2 Å². The number of nitrogens with zero attached hydrogens (tertiary/aromatic N) is 1. The second-order valence-corrected chi connectivity index (χ2v) is 5.74. The second-order valence-electron chi connectivity index (χ2n) is 5.74. The maximum atomic E-state index is 12.3. The van der Waals surface area contributed by atoms with Crippen molar-refractivity contribution in [3.63, 3.8) is 0 Å². The number of rotatable bonds is 4. The molecule has 1 aromatic carbocycles. The first-order valence-electron chi connectivity index (χ1n) is 7.07. The van der Waals surface area contributed by atoms with Crippen LogP contribution in [-0.4, -0.2) is 37.5 Å². The number of amides is 1. The van der Waals surface area contributed by atoms with Gasteiger partial charge in [-0.3, -0.25) is 4.79 Å². The van der Waals surface area contributed by atoms with Crippen molar-refractivity contribution >= 4 is 5.91 Å². The van der Waals surface area contributed by atoms with Gasteiger partial charge < -0.3 is 10.2 Å². The summed E-state index contributed by atoms with van der Waals surface area (Å²) >= 11 is 0. The highest BCUT2D eigenvalue weighted by molar-refractivity contribution is 5.79. The monoisotopic (exact) mass is 260 g/mol. The van der Waals surface area contributed by atoms with E-state index in [0.29, 0.717) is 12.3 Å². The Morgan fingerprint density at radius 2 is 2.21 bits per heavy atom. The Morgan fingerprint density at radius 3 is 2.89 bits per heavy atom. The third-order valence-electron chi connectivity index (χ3n) is 3.97. The van der Waals surface area contributed by atoms with Crippen molar-refractivity contribution in [3.8, 4) is 0 Å². The molecule has 1 amide bonds. The van der Waals surface area contributed by atoms with Crippen LogP contribution in [0, 0.1) is 19.8 Å². The van der Waals surface area contributed by atoms with E-state index < -0.39 is 0 Å². The van der Waals surface area contributed by atoms with Gasteiger partial charge in [0.2, 0.25) is 5.91 Å². The van der Waals surface area contributed by atoms with Crippen LogP contribution in [-0.2, 0) is 11.2 Å². The van der Waals surface area contributed by atoms with E-state index in [1.54, 1.807) is 0 Å². The van der Waals surface area contributed by atoms with E-state index in [0.717, 1.165) is 25.2 Å². The fraction of sp³-hybridized carbons (Fsp3) is 0.562. The minimum absolute atomic E-state index is 0.223. The van der Waals surface area contributed by atoms with E-state index in [4.69, 9.17) is 0 Å². The molecule has 1 fully saturated rings. The minimum Gasteiger partial charge on any atom is -0.345 e. The Balaban J connectivity index is 1.93. The fourth-order valence-corrected chi connectivity index (χ4v) is 2.65. The smallest absolute Gasteiger partial charge is 0.226 e. The molecule has 0 radical (unpaired) electrons. The highest BCUT2D eigenvalue weighted by atomic mass is 16.2. The third kappa shape index (κ3) is 3.80. The third-order valence-corrected chi connectivity index (χ3v) is 3.97. The average molecular weight is 260 g/mol. The SMILES string of the molecule is Cc1ccc(C)c(CC(=O)N(C)CC2CCNC2)c1. The van der Waals surface area contributed by atoms with Crippen LogP contribution in [0.2, 0.25) is 0 Å². The summed E-state index contributed by atoms with van der Waals surface area (Å²) in [6.45, 7) is 7.14. The van der Waals surface area contributed by atoms with Gasteiger partial charge in [0.1, 0.15) is 0 Å². The Hall–Kier alpha value is -1.35. The average Bonchev–Trinajstić information content (AvgIpc) is 2.86. The standard InChI is InChI=1S/C16H24N2O/c1-12-4-5-13(2)15(8-12)9-16(19)18(3)11-14-6-7-17-10-14/h4-5,8,14,17H,6-7,9-11H2,1-3H3. The van der Waals surface area contributed by atoms with Gasteiger partial charge in [-0.2, -0.15) is 0 Å². The zero-order valence-electron chi connectivity index (χ0n) is 12.2. The molecule has 0 bridgehead atoms. The van der Waals surface area contributed by atoms with E-state index >= 15 is 0 Å². The Morgan fingerprint density at radius 1 is 1.42 bits per heavy atom. The number of carbonyl (C=O) groups is 1. The van der Waals surface area contributed by atoms with Gasteiger partial charge in [0.15, 0.2) is 0 Å². The van der Waals surface area contributed by atoms with Crippen molar-refractivity contribution in [3.05, 3.63) is 34.9 Å². The van der Waals surface area contributed by atoms with Crippen LogP contribution in [0.4, 0.5) is 0 Å². The molecule has 1 aromatic rings. The predicted molar refractivity (Wildman–Crippen MR) is 78.2 cm³/mol. The molecule has 0 saturated carbocycles. The fourth-order valence-electron chi connectivity index (χ4n) is 2.65. The molecule has 3 nitrogen and oxygen atoms in total. The van der Waals surface area contributed by atoms with E-state index in [-0.39, 0.29) is 5.91 Å². The highest BCUT2D eigenvalue weighted by Gasteiger charge is 2.19. The van der Waals surface area contributed by atoms with Crippen LogP contribution in [0.5, 0.6) is 0 Å². The van der Waals surface area contributed by atoms with Gasteiger partial charge in [0.25, 0.3) is 0 Å². The van der Waals surface area contributed by atoms with Crippen molar-refractivity contribution in [2.75, 3.05) is 26.7 Å². The van der Waals surface area contributed by atoms with Gasteiger partial charge in [-0.15, -0.1) is 0 Å². The van der Waals surface area contributed by atoms with Gasteiger partial charge in [-0.25, -0.2) is 0 Å². The van der Waals surface area contributed by atoms with E-state index in [2.05, 4.69) is 37.4 Å². The summed E-state index contributed by atoms with van der Waals surface area (Å²) in [6, 6.07) is 6.31. The lowest BCUT2D eigenvalue weighted by Crippen LogP contribution is -2.33. The van der Waals surface area contributed by atoms with Gasteiger partial charge >= 0.3 is 0 Å². The van der Waals surface area contributed by atoms with Crippen molar-refractivity contribution < 1.29 is 4.79 Å². The van der Waals surface area contributed by atoms with Crippen LogP contribution in [0.1, 0.15) is 23.1 Å². The van der Waals surface area contributed by atoms with Crippen molar-refractivity contribution in [1.29, 1.82) is 0 Å². The van der Waals surface area contributed by atoms with Gasteiger partial charge in [-0.05, 0) is 50.4 Å². The largest absolute Gasteiger partial charge is 0.345 e. The molecule has 1 atom stereocenters. The number of likely N-dealkylation sites (N-methyl/N-ethyl adjacent to an activating group) is 1. The van der Waals surface area contributed by atoms with E-state index in [1.165, 1.54) is 17.5 Å². The first-order chi connectivity index (χ1) is 9.06. The second kappa shape index (κ2) is 6.20. The number of nitrogens with one attached hydrogen (secondary N) is 1. The van der Waals surface area contributed by atoms with Crippen LogP contribution in [0.25, 0.3) is 0 Å². The summed E-state index contributed by atoms with van der Waals surface area (Å²) in [5.74, 6) is 0.841. The molecule has 0 aliphatic carbocycles. The summed E-state index contributed by atoms with van der Waals surface area (Å²) < 4.78 is 0. The molecule has 104 valence electrons. The molecule has 1 saturated heterocycles. The molecule has 1 unspecified atom stereocenters. The number of hydrogen-bond donors (Lipinski definition) is 1. The van der Waals surface area contributed by atoms with Crippen molar-refractivity contribution in [2.45, 2.75) is 26.7 Å². The number of hydrogen-bond acceptors (Lipinski definition) is 2. The molecule has 1 N–H and O–H groups in total. The summed E-state index contributed by atoms with van der Waals surface area (Å²) in [5, 5.41) is 3.34. The van der Waals surface area contributed by atoms with E-state index in [1.807, 2.05) is 11.9 Å². The van der Waals surface area contributed by atoms with Crippen molar-refractivity contribution in [2.24, 2.45) is 5.92 Å². The molecule has 0 aromatic heterocycles. The van der Waals surface area contributed by atoms with E-state index in [9.17, 15) is 4.79 Å². The quantitative estimate of drug-likeness (QED) is 0.897. The molecular formula is C16H24N2O. The first-order valence-corrected chi connectivity index (χ1v) is 7.07. The summed E-state index contributed by atoms with van der Waals surface area (Å²) in [5.41, 5.74) is 3.58. The molecule has 1 aliphatic heterocycles. The normalized spacial score (nSPS) is 18.6. The maximum absolute atomic E-state index is 12.3. The minimum atomic E-state index is 0.223. The van der Waals surface area contributed by atoms with Gasteiger partial charge in [-0.1, -0.05) is 23.8 Å². The lowest BCUT2D eigenvalue weighted by atomic mass is 10.0. The predicted octanol–water partition coefficient (Wildman–Crippen LogP) is 1.91. The highest BCUT2D eigenvalue weighted by Crippen LogP contribution is 2.14. The molecular weight excluding hydrogens is 236 g/mol. The van der Waals surface area contributed by atoms with Crippen LogP contribution >= 0.6 is 0 Å². The summed E-state index contributed by atoms with van der Waals surface area (Å²) in [6.07, 6.45) is 1.70. The van der Waals surface area contributed by atoms with Crippen LogP contribution < -0.4 is 5.32 Å². The maximum Gasteiger partial charge on any atom is 0.226 e. The summed E-state index contributed by atoms with van der Waals surface area (Å²) in [7, 11) is 1.92. The molecule has 1 heterocycles. The lowest BCUT2D eigenvalue weighted by Gasteiger charge is -2.21. The molecule has 2 rings (SSSR count). The van der Waals surface area contributed by atoms with Crippen LogP contribution in [0.3, 0.4) is 0 Å². The molecule has 3 heteroatoms. The zero-order valence-corrected chi connectivity index (χ0v) is 12.2. The zero-order chi connectivity index (χ0) is 13.8. The lowest BCUT2D eigenvalue weighted by molar-refractivity contribution is -0.129. The Bertz CT molecular complexity index is 450. The molecule has 19 heavy (non-hydrogen) atoms. The number of benzene rings is 1. The topological polar surface area (TPSA) is 32.3 Å². The Labute approximate surface area is 116 Å². The van der Waals surface area contributed by atoms with Gasteiger partial charge in [0, 0.05) is 13.6 Å². The molecule has 0 spiro atoms. The molecule has 1 aliphatic rings. The number of carbonyl (C=O) groups excluding carboxylic acids is 1. The number of aryl methyl sites for hydroxylation is 2.